The molecular weight excluding hydrogens is 358 g/mol. The maximum atomic E-state index is 12.6. The fourth-order valence-electron chi connectivity index (χ4n) is 3.48. The lowest BCUT2D eigenvalue weighted by atomic mass is 10.0. The number of esters is 1. The number of benzene rings is 1. The minimum Gasteiger partial charge on any atom is -0.462 e. The van der Waals surface area contributed by atoms with Crippen molar-refractivity contribution >= 4 is 22.8 Å². The predicted octanol–water partition coefficient (Wildman–Crippen LogP) is 2.01. The van der Waals surface area contributed by atoms with Gasteiger partial charge in [0.15, 0.2) is 0 Å². The van der Waals surface area contributed by atoms with Gasteiger partial charge in [-0.15, -0.1) is 0 Å². The number of carbonyl (C=O) groups excluding carboxylic acids is 2. The van der Waals surface area contributed by atoms with Crippen LogP contribution < -0.4 is 0 Å². The number of pyridine rings is 1. The third-order valence-electron chi connectivity index (χ3n) is 4.90. The van der Waals surface area contributed by atoms with E-state index >= 15 is 0 Å². The lowest BCUT2D eigenvalue weighted by Gasteiger charge is -2.28. The van der Waals surface area contributed by atoms with Crippen LogP contribution in [0.2, 0.25) is 0 Å². The van der Waals surface area contributed by atoms with Gasteiger partial charge in [-0.3, -0.25) is 14.7 Å². The Balaban J connectivity index is 1.84. The standard InChI is InChI=1S/C21H27N3O4/c1-4-28-21(26)20-15(2)16-7-5-6-8-17(16)22-18(20)13-23(3)14-19(25)24-9-11-27-12-10-24/h5-8H,4,9-14H2,1-3H3. The zero-order chi connectivity index (χ0) is 20.1. The van der Waals surface area contributed by atoms with Gasteiger partial charge < -0.3 is 14.4 Å². The second kappa shape index (κ2) is 9.12. The summed E-state index contributed by atoms with van der Waals surface area (Å²) in [4.78, 5) is 33.5. The quantitative estimate of drug-likeness (QED) is 0.709. The fraction of sp³-hybridized carbons (Fsp3) is 0.476. The van der Waals surface area contributed by atoms with Crippen LogP contribution in [0.5, 0.6) is 0 Å². The predicted molar refractivity (Wildman–Crippen MR) is 106 cm³/mol. The van der Waals surface area contributed by atoms with Crippen molar-refractivity contribution in [1.82, 2.24) is 14.8 Å². The number of nitrogens with zero attached hydrogens (tertiary/aromatic N) is 3. The average Bonchev–Trinajstić information content (AvgIpc) is 2.69. The van der Waals surface area contributed by atoms with Gasteiger partial charge in [0, 0.05) is 25.0 Å². The van der Waals surface area contributed by atoms with Crippen molar-refractivity contribution in [2.24, 2.45) is 0 Å². The van der Waals surface area contributed by atoms with Gasteiger partial charge in [0.2, 0.25) is 5.91 Å². The van der Waals surface area contributed by atoms with Gasteiger partial charge >= 0.3 is 5.97 Å². The normalized spacial score (nSPS) is 14.5. The van der Waals surface area contributed by atoms with Gasteiger partial charge in [-0.2, -0.15) is 0 Å². The van der Waals surface area contributed by atoms with Gasteiger partial charge in [-0.1, -0.05) is 18.2 Å². The molecule has 0 aliphatic carbocycles. The Morgan fingerprint density at radius 1 is 1.25 bits per heavy atom. The van der Waals surface area contributed by atoms with Crippen LogP contribution in [0, 0.1) is 6.92 Å². The number of amides is 1. The van der Waals surface area contributed by atoms with E-state index in [2.05, 4.69) is 0 Å². The number of hydrogen-bond acceptors (Lipinski definition) is 6. The van der Waals surface area contributed by atoms with E-state index < -0.39 is 0 Å². The number of rotatable bonds is 6. The molecule has 0 radical (unpaired) electrons. The first kappa shape index (κ1) is 20.2. The maximum Gasteiger partial charge on any atom is 0.340 e. The number of aryl methyl sites for hydroxylation is 1. The number of para-hydroxylation sites is 1. The monoisotopic (exact) mass is 385 g/mol. The molecule has 3 rings (SSSR count). The third-order valence-corrected chi connectivity index (χ3v) is 4.90. The summed E-state index contributed by atoms with van der Waals surface area (Å²) in [5, 5.41) is 0.932. The van der Waals surface area contributed by atoms with Crippen LogP contribution in [-0.2, 0) is 20.8 Å². The molecule has 1 fully saturated rings. The SMILES string of the molecule is CCOC(=O)c1c(CN(C)CC(=O)N2CCOCC2)nc2ccccc2c1C. The van der Waals surface area contributed by atoms with Crippen molar-refractivity contribution in [1.29, 1.82) is 0 Å². The molecule has 0 unspecified atom stereocenters. The molecule has 2 aromatic rings. The van der Waals surface area contributed by atoms with E-state index in [9.17, 15) is 9.59 Å². The lowest BCUT2D eigenvalue weighted by molar-refractivity contribution is -0.136. The first-order valence-electron chi connectivity index (χ1n) is 9.60. The van der Waals surface area contributed by atoms with Gasteiger partial charge in [0.1, 0.15) is 0 Å². The van der Waals surface area contributed by atoms with Crippen molar-refractivity contribution < 1.29 is 19.1 Å². The summed E-state index contributed by atoms with van der Waals surface area (Å²) in [5.41, 5.74) is 2.81. The molecule has 7 heteroatoms. The van der Waals surface area contributed by atoms with E-state index in [0.29, 0.717) is 50.7 Å². The summed E-state index contributed by atoms with van der Waals surface area (Å²) < 4.78 is 10.6. The molecule has 1 aliphatic rings. The largest absolute Gasteiger partial charge is 0.462 e. The second-order valence-electron chi connectivity index (χ2n) is 6.96. The zero-order valence-electron chi connectivity index (χ0n) is 16.7. The Morgan fingerprint density at radius 3 is 2.68 bits per heavy atom. The number of aromatic nitrogens is 1. The van der Waals surface area contributed by atoms with E-state index in [4.69, 9.17) is 14.5 Å². The lowest BCUT2D eigenvalue weighted by Crippen LogP contribution is -2.45. The molecule has 1 amide bonds. The van der Waals surface area contributed by atoms with E-state index in [1.807, 2.05) is 48.0 Å². The first-order chi connectivity index (χ1) is 13.5. The molecule has 150 valence electrons. The van der Waals surface area contributed by atoms with E-state index in [1.54, 1.807) is 6.92 Å². The van der Waals surface area contributed by atoms with Crippen LogP contribution in [0.1, 0.15) is 28.5 Å². The number of carbonyl (C=O) groups is 2. The van der Waals surface area contributed by atoms with Crippen molar-refractivity contribution in [2.45, 2.75) is 20.4 Å². The highest BCUT2D eigenvalue weighted by Gasteiger charge is 2.23. The molecule has 0 saturated carbocycles. The number of fused-ring (bicyclic) bond motifs is 1. The average molecular weight is 385 g/mol. The number of hydrogen-bond donors (Lipinski definition) is 0. The van der Waals surface area contributed by atoms with Crippen molar-refractivity contribution in [2.75, 3.05) is 46.5 Å². The molecule has 0 spiro atoms. The van der Waals surface area contributed by atoms with Crippen LogP contribution in [0.4, 0.5) is 0 Å². The van der Waals surface area contributed by atoms with Crippen LogP contribution in [0.25, 0.3) is 10.9 Å². The molecule has 1 saturated heterocycles. The fourth-order valence-corrected chi connectivity index (χ4v) is 3.48. The van der Waals surface area contributed by atoms with Crippen molar-refractivity contribution in [3.63, 3.8) is 0 Å². The van der Waals surface area contributed by atoms with E-state index in [1.165, 1.54) is 0 Å². The molecule has 1 aromatic carbocycles. The Morgan fingerprint density at radius 2 is 1.96 bits per heavy atom. The molecule has 0 atom stereocenters. The second-order valence-corrected chi connectivity index (χ2v) is 6.96. The Bertz CT molecular complexity index is 862. The molecule has 28 heavy (non-hydrogen) atoms. The minimum atomic E-state index is -0.374. The highest BCUT2D eigenvalue weighted by atomic mass is 16.5. The maximum absolute atomic E-state index is 12.6. The van der Waals surface area contributed by atoms with Crippen LogP contribution in [0.3, 0.4) is 0 Å². The van der Waals surface area contributed by atoms with Gasteiger partial charge in [-0.05, 0) is 32.5 Å². The van der Waals surface area contributed by atoms with Crippen LogP contribution >= 0.6 is 0 Å². The first-order valence-corrected chi connectivity index (χ1v) is 9.60. The van der Waals surface area contributed by atoms with E-state index in [-0.39, 0.29) is 18.4 Å². The number of likely N-dealkylation sites (N-methyl/N-ethyl adjacent to an activating group) is 1. The molecule has 1 aliphatic heterocycles. The van der Waals surface area contributed by atoms with Crippen LogP contribution in [0.15, 0.2) is 24.3 Å². The summed E-state index contributed by atoms with van der Waals surface area (Å²) in [7, 11) is 1.86. The number of morpholine rings is 1. The van der Waals surface area contributed by atoms with Crippen molar-refractivity contribution in [3.05, 3.63) is 41.1 Å². The minimum absolute atomic E-state index is 0.0565. The summed E-state index contributed by atoms with van der Waals surface area (Å²) in [6, 6.07) is 7.74. The summed E-state index contributed by atoms with van der Waals surface area (Å²) in [6.07, 6.45) is 0. The smallest absolute Gasteiger partial charge is 0.340 e. The van der Waals surface area contributed by atoms with Crippen molar-refractivity contribution in [3.8, 4) is 0 Å². The summed E-state index contributed by atoms with van der Waals surface area (Å²) >= 11 is 0. The van der Waals surface area contributed by atoms with Gasteiger partial charge in [0.25, 0.3) is 0 Å². The molecule has 2 heterocycles. The third kappa shape index (κ3) is 4.48. The zero-order valence-corrected chi connectivity index (χ0v) is 16.7. The Hall–Kier alpha value is -2.51. The summed E-state index contributed by atoms with van der Waals surface area (Å²) in [6.45, 7) is 7.04. The van der Waals surface area contributed by atoms with Gasteiger partial charge in [0.05, 0.1) is 43.1 Å². The molecule has 7 nitrogen and oxygen atoms in total. The van der Waals surface area contributed by atoms with Crippen LogP contribution in [-0.4, -0.2) is 73.2 Å². The highest BCUT2D eigenvalue weighted by Crippen LogP contribution is 2.24. The Kier molecular flexibility index (Phi) is 6.59. The highest BCUT2D eigenvalue weighted by molar-refractivity contribution is 5.98. The molecule has 0 bridgehead atoms. The number of ether oxygens (including phenoxy) is 2. The molecule has 0 N–H and O–H groups in total. The van der Waals surface area contributed by atoms with E-state index in [0.717, 1.165) is 16.5 Å². The molecular formula is C21H27N3O4. The summed E-state index contributed by atoms with van der Waals surface area (Å²) in [5.74, 6) is -0.317. The Labute approximate surface area is 165 Å². The molecule has 1 aromatic heterocycles. The van der Waals surface area contributed by atoms with Gasteiger partial charge in [-0.25, -0.2) is 4.79 Å². The topological polar surface area (TPSA) is 72.0 Å².